The monoisotopic (exact) mass is 410 g/mol. The van der Waals surface area contributed by atoms with Gasteiger partial charge in [0.05, 0.1) is 6.61 Å². The van der Waals surface area contributed by atoms with E-state index in [0.29, 0.717) is 6.61 Å². The van der Waals surface area contributed by atoms with Gasteiger partial charge in [-0.05, 0) is 36.3 Å². The molecule has 0 aliphatic carbocycles. The molecule has 2 aromatic carbocycles. The highest BCUT2D eigenvalue weighted by molar-refractivity contribution is 7.99. The van der Waals surface area contributed by atoms with Crippen molar-refractivity contribution < 1.29 is 14.3 Å². The van der Waals surface area contributed by atoms with Crippen molar-refractivity contribution in [1.29, 1.82) is 0 Å². The average molecular weight is 411 g/mol. The summed E-state index contributed by atoms with van der Waals surface area (Å²) in [5, 5.41) is 3.05. The number of hydrogen-bond donors (Lipinski definition) is 1. The molecule has 1 N–H and O–H groups in total. The molecule has 1 amide bonds. The van der Waals surface area contributed by atoms with Crippen molar-refractivity contribution in [3.05, 3.63) is 71.8 Å². The van der Waals surface area contributed by atoms with E-state index in [0.717, 1.165) is 41.4 Å². The van der Waals surface area contributed by atoms with Gasteiger partial charge in [0, 0.05) is 36.4 Å². The summed E-state index contributed by atoms with van der Waals surface area (Å²) in [6, 6.07) is 17.0. The lowest BCUT2D eigenvalue weighted by molar-refractivity contribution is -0.137. The van der Waals surface area contributed by atoms with Crippen LogP contribution in [0.2, 0.25) is 0 Å². The number of hydrogen-bond acceptors (Lipinski definition) is 5. The number of amides is 1. The van der Waals surface area contributed by atoms with Gasteiger partial charge in [-0.25, -0.2) is 4.79 Å². The van der Waals surface area contributed by atoms with Gasteiger partial charge in [0.2, 0.25) is 5.91 Å². The van der Waals surface area contributed by atoms with Gasteiger partial charge in [-0.15, -0.1) is 0 Å². The molecule has 3 rings (SSSR count). The second-order valence-electron chi connectivity index (χ2n) is 6.66. The van der Waals surface area contributed by atoms with Crippen LogP contribution < -0.4 is 5.32 Å². The fraction of sp³-hybridized carbons (Fsp3) is 0.304. The molecule has 1 fully saturated rings. The molecule has 2 aromatic rings. The third-order valence-electron chi connectivity index (χ3n) is 4.65. The van der Waals surface area contributed by atoms with Gasteiger partial charge in [-0.2, -0.15) is 11.8 Å². The smallest absolute Gasteiger partial charge is 0.330 e. The van der Waals surface area contributed by atoms with Gasteiger partial charge in [0.25, 0.3) is 0 Å². The molecule has 29 heavy (non-hydrogen) atoms. The Balaban J connectivity index is 1.70. The lowest BCUT2D eigenvalue weighted by Crippen LogP contribution is -2.41. The largest absolute Gasteiger partial charge is 0.463 e. The van der Waals surface area contributed by atoms with Crippen LogP contribution >= 0.6 is 11.8 Å². The maximum atomic E-state index is 13.1. The third-order valence-corrected chi connectivity index (χ3v) is 5.59. The third kappa shape index (κ3) is 6.21. The topological polar surface area (TPSA) is 58.6 Å². The van der Waals surface area contributed by atoms with Crippen LogP contribution in [0.5, 0.6) is 0 Å². The number of anilines is 1. The summed E-state index contributed by atoms with van der Waals surface area (Å²) in [7, 11) is 0. The lowest BCUT2D eigenvalue weighted by Gasteiger charge is -2.33. The van der Waals surface area contributed by atoms with E-state index in [9.17, 15) is 9.59 Å². The molecular weight excluding hydrogens is 384 g/mol. The van der Waals surface area contributed by atoms with E-state index in [1.165, 1.54) is 6.08 Å². The maximum Gasteiger partial charge on any atom is 0.330 e. The molecule has 0 aromatic heterocycles. The normalized spacial score (nSPS) is 15.8. The van der Waals surface area contributed by atoms with Crippen molar-refractivity contribution in [3.63, 3.8) is 0 Å². The summed E-state index contributed by atoms with van der Waals surface area (Å²) >= 11 is 1.93. The Labute approximate surface area is 176 Å². The minimum Gasteiger partial charge on any atom is -0.463 e. The molecule has 5 nitrogen and oxygen atoms in total. The first-order valence-electron chi connectivity index (χ1n) is 9.80. The molecule has 1 atom stereocenters. The van der Waals surface area contributed by atoms with E-state index in [1.807, 2.05) is 66.4 Å². The zero-order chi connectivity index (χ0) is 20.5. The number of benzene rings is 2. The van der Waals surface area contributed by atoms with Gasteiger partial charge < -0.3 is 10.1 Å². The van der Waals surface area contributed by atoms with Crippen LogP contribution in [-0.4, -0.2) is 48.0 Å². The van der Waals surface area contributed by atoms with Crippen LogP contribution in [0.3, 0.4) is 0 Å². The molecule has 1 aliphatic rings. The second kappa shape index (κ2) is 10.8. The molecule has 1 heterocycles. The Kier molecular flexibility index (Phi) is 7.90. The summed E-state index contributed by atoms with van der Waals surface area (Å²) in [5.74, 6) is 1.68. The van der Waals surface area contributed by atoms with Crippen molar-refractivity contribution in [1.82, 2.24) is 4.90 Å². The number of rotatable bonds is 7. The minimum absolute atomic E-state index is 0.0297. The maximum absolute atomic E-state index is 13.1. The van der Waals surface area contributed by atoms with Crippen LogP contribution in [0.25, 0.3) is 6.08 Å². The van der Waals surface area contributed by atoms with Gasteiger partial charge in [0.1, 0.15) is 6.04 Å². The predicted octanol–water partition coefficient (Wildman–Crippen LogP) is 3.99. The van der Waals surface area contributed by atoms with Gasteiger partial charge in [-0.3, -0.25) is 9.69 Å². The molecular formula is C23H26N2O3S. The average Bonchev–Trinajstić information content (AvgIpc) is 2.75. The van der Waals surface area contributed by atoms with Crippen molar-refractivity contribution in [2.45, 2.75) is 13.0 Å². The van der Waals surface area contributed by atoms with E-state index in [1.54, 1.807) is 13.0 Å². The number of thioether (sulfide) groups is 1. The zero-order valence-corrected chi connectivity index (χ0v) is 17.4. The summed E-state index contributed by atoms with van der Waals surface area (Å²) in [5.41, 5.74) is 2.60. The lowest BCUT2D eigenvalue weighted by atomic mass is 10.0. The Morgan fingerprint density at radius 1 is 1.10 bits per heavy atom. The van der Waals surface area contributed by atoms with E-state index in [-0.39, 0.29) is 17.9 Å². The highest BCUT2D eigenvalue weighted by Crippen LogP contribution is 2.26. The van der Waals surface area contributed by atoms with Crippen LogP contribution in [0.1, 0.15) is 24.1 Å². The molecule has 1 unspecified atom stereocenters. The van der Waals surface area contributed by atoms with Crippen molar-refractivity contribution in [2.24, 2.45) is 0 Å². The summed E-state index contributed by atoms with van der Waals surface area (Å²) in [4.78, 5) is 26.8. The van der Waals surface area contributed by atoms with Crippen molar-refractivity contribution in [3.8, 4) is 0 Å². The molecule has 0 spiro atoms. The summed E-state index contributed by atoms with van der Waals surface area (Å²) in [6.45, 7) is 3.92. The number of carbonyl (C=O) groups excluding carboxylic acids is 2. The van der Waals surface area contributed by atoms with E-state index in [2.05, 4.69) is 10.2 Å². The molecule has 0 radical (unpaired) electrons. The molecule has 152 valence electrons. The molecule has 1 saturated heterocycles. The van der Waals surface area contributed by atoms with Crippen LogP contribution in [0.4, 0.5) is 5.69 Å². The van der Waals surface area contributed by atoms with E-state index >= 15 is 0 Å². The predicted molar refractivity (Wildman–Crippen MR) is 119 cm³/mol. The van der Waals surface area contributed by atoms with Gasteiger partial charge in [-0.1, -0.05) is 42.5 Å². The number of nitrogens with one attached hydrogen (secondary N) is 1. The number of esters is 1. The van der Waals surface area contributed by atoms with Crippen molar-refractivity contribution >= 4 is 35.4 Å². The minimum atomic E-state index is -0.365. The van der Waals surface area contributed by atoms with Crippen LogP contribution in [0, 0.1) is 0 Å². The number of nitrogens with zero attached hydrogens (tertiary/aromatic N) is 1. The fourth-order valence-electron chi connectivity index (χ4n) is 3.24. The zero-order valence-electron chi connectivity index (χ0n) is 16.5. The van der Waals surface area contributed by atoms with E-state index in [4.69, 9.17) is 4.74 Å². The van der Waals surface area contributed by atoms with Crippen molar-refractivity contribution in [2.75, 3.05) is 36.5 Å². The second-order valence-corrected chi connectivity index (χ2v) is 7.88. The number of carbonyl (C=O) groups is 2. The first-order chi connectivity index (χ1) is 14.2. The quantitative estimate of drug-likeness (QED) is 0.552. The highest BCUT2D eigenvalue weighted by atomic mass is 32.2. The highest BCUT2D eigenvalue weighted by Gasteiger charge is 2.28. The fourth-order valence-corrected chi connectivity index (χ4v) is 4.17. The SMILES string of the molecule is CCOC(=O)/C=C/c1ccc(NC(=O)C(c2ccccc2)N2CCSCC2)cc1. The Bertz CT molecular complexity index is 831. The number of ether oxygens (including phenoxy) is 1. The van der Waals surface area contributed by atoms with E-state index < -0.39 is 0 Å². The van der Waals surface area contributed by atoms with Crippen LogP contribution in [0.15, 0.2) is 60.7 Å². The molecule has 1 aliphatic heterocycles. The summed E-state index contributed by atoms with van der Waals surface area (Å²) in [6.07, 6.45) is 3.10. The molecule has 6 heteroatoms. The Hall–Kier alpha value is -2.57. The first-order valence-corrected chi connectivity index (χ1v) is 11.0. The summed E-state index contributed by atoms with van der Waals surface area (Å²) < 4.78 is 4.88. The Morgan fingerprint density at radius 3 is 2.45 bits per heavy atom. The van der Waals surface area contributed by atoms with Gasteiger partial charge in [0.15, 0.2) is 0 Å². The van der Waals surface area contributed by atoms with Gasteiger partial charge >= 0.3 is 5.97 Å². The standard InChI is InChI=1S/C23H26N2O3S/c1-2-28-21(26)13-10-18-8-11-20(12-9-18)24-23(27)22(19-6-4-3-5-7-19)25-14-16-29-17-15-25/h3-13,22H,2,14-17H2,1H3,(H,24,27)/b13-10+. The van der Waals surface area contributed by atoms with Crippen LogP contribution in [-0.2, 0) is 14.3 Å². The Morgan fingerprint density at radius 2 is 1.79 bits per heavy atom. The molecule has 0 saturated carbocycles. The first kappa shape index (κ1) is 21.1. The molecule has 0 bridgehead atoms.